The van der Waals surface area contributed by atoms with Gasteiger partial charge in [0.1, 0.15) is 30.3 Å². The number of rotatable bonds is 9. The molecule has 0 spiro atoms. The first-order valence-corrected chi connectivity index (χ1v) is 13.2. The third-order valence-electron chi connectivity index (χ3n) is 7.23. The zero-order valence-electron chi connectivity index (χ0n) is 21.2. The van der Waals surface area contributed by atoms with Crippen molar-refractivity contribution >= 4 is 29.4 Å². The van der Waals surface area contributed by atoms with E-state index in [2.05, 4.69) is 16.0 Å². The van der Waals surface area contributed by atoms with E-state index in [-0.39, 0.29) is 30.1 Å². The molecular weight excluding hydrogens is 476 g/mol. The van der Waals surface area contributed by atoms with E-state index in [9.17, 15) is 24.0 Å². The number of carbonyl (C=O) groups is 5. The summed E-state index contributed by atoms with van der Waals surface area (Å²) in [5.74, 6) is -1.44. The lowest BCUT2D eigenvalue weighted by Gasteiger charge is -2.32. The van der Waals surface area contributed by atoms with Crippen molar-refractivity contribution in [2.45, 2.75) is 88.6 Å². The van der Waals surface area contributed by atoms with Crippen LogP contribution in [0.1, 0.15) is 57.4 Å². The molecule has 0 radical (unpaired) electrons. The van der Waals surface area contributed by atoms with Crippen LogP contribution in [0.25, 0.3) is 0 Å². The second kappa shape index (κ2) is 12.3. The Morgan fingerprint density at radius 1 is 0.946 bits per heavy atom. The van der Waals surface area contributed by atoms with E-state index < -0.39 is 36.0 Å². The minimum absolute atomic E-state index is 0.105. The Labute approximate surface area is 216 Å². The Bertz CT molecular complexity index is 1010. The Morgan fingerprint density at radius 3 is 2.41 bits per heavy atom. The van der Waals surface area contributed by atoms with Gasteiger partial charge in [-0.2, -0.15) is 0 Å². The third-order valence-corrected chi connectivity index (χ3v) is 7.23. The van der Waals surface area contributed by atoms with Crippen LogP contribution in [0.3, 0.4) is 0 Å². The van der Waals surface area contributed by atoms with Crippen molar-refractivity contribution in [2.24, 2.45) is 0 Å². The maximum atomic E-state index is 13.5. The molecule has 3 aliphatic heterocycles. The summed E-state index contributed by atoms with van der Waals surface area (Å²) in [5, 5.41) is 8.35. The van der Waals surface area contributed by atoms with Crippen molar-refractivity contribution in [1.29, 1.82) is 0 Å². The Hall–Kier alpha value is -3.27. The smallest absolute Gasteiger partial charge is 0.246 e. The number of nitrogens with zero attached hydrogens (tertiary/aromatic N) is 1. The molecule has 3 saturated heterocycles. The Kier molecular flexibility index (Phi) is 8.91. The van der Waals surface area contributed by atoms with Gasteiger partial charge in [0.05, 0.1) is 6.61 Å². The quantitative estimate of drug-likeness (QED) is 0.328. The van der Waals surface area contributed by atoms with Gasteiger partial charge in [0.25, 0.3) is 0 Å². The lowest BCUT2D eigenvalue weighted by molar-refractivity contribution is -0.143. The van der Waals surface area contributed by atoms with Crippen LogP contribution in [-0.2, 0) is 35.1 Å². The average Bonchev–Trinajstić information content (AvgIpc) is 3.63. The lowest BCUT2D eigenvalue weighted by atomic mass is 10.0. The van der Waals surface area contributed by atoms with Crippen LogP contribution in [0.2, 0.25) is 0 Å². The second-order valence-corrected chi connectivity index (χ2v) is 10.1. The average molecular weight is 513 g/mol. The van der Waals surface area contributed by atoms with Crippen molar-refractivity contribution in [1.82, 2.24) is 20.9 Å². The van der Waals surface area contributed by atoms with Crippen LogP contribution in [0.4, 0.5) is 0 Å². The van der Waals surface area contributed by atoms with Crippen LogP contribution in [0.5, 0.6) is 0 Å². The largest absolute Gasteiger partial charge is 0.365 e. The van der Waals surface area contributed by atoms with Gasteiger partial charge in [0.2, 0.25) is 23.6 Å². The summed E-state index contributed by atoms with van der Waals surface area (Å²) in [6.07, 6.45) is 4.07. The van der Waals surface area contributed by atoms with Gasteiger partial charge in [-0.25, -0.2) is 0 Å². The van der Waals surface area contributed by atoms with Crippen LogP contribution >= 0.6 is 0 Å². The number of unbranched alkanes of at least 4 members (excludes halogenated alkanes) is 2. The van der Waals surface area contributed by atoms with Crippen LogP contribution < -0.4 is 16.0 Å². The van der Waals surface area contributed by atoms with Gasteiger partial charge < -0.3 is 25.6 Å². The maximum absolute atomic E-state index is 13.5. The summed E-state index contributed by atoms with van der Waals surface area (Å²) in [4.78, 5) is 66.2. The molecule has 5 atom stereocenters. The summed E-state index contributed by atoms with van der Waals surface area (Å²) in [6, 6.07) is 6.13. The highest BCUT2D eigenvalue weighted by atomic mass is 16.6. The molecule has 3 aliphatic rings. The minimum atomic E-state index is -0.886. The second-order valence-electron chi connectivity index (χ2n) is 10.1. The van der Waals surface area contributed by atoms with Crippen molar-refractivity contribution in [3.8, 4) is 0 Å². The maximum Gasteiger partial charge on any atom is 0.246 e. The molecule has 4 rings (SSSR count). The fraction of sp³-hybridized carbons (Fsp3) is 0.593. The predicted molar refractivity (Wildman–Crippen MR) is 134 cm³/mol. The molecule has 0 aromatic heterocycles. The Morgan fingerprint density at radius 2 is 1.68 bits per heavy atom. The first-order chi connectivity index (χ1) is 17.8. The van der Waals surface area contributed by atoms with E-state index in [0.29, 0.717) is 51.7 Å². The van der Waals surface area contributed by atoms with Crippen molar-refractivity contribution in [2.75, 3.05) is 13.2 Å². The van der Waals surface area contributed by atoms with Gasteiger partial charge in [-0.3, -0.25) is 24.0 Å². The number of benzene rings is 1. The summed E-state index contributed by atoms with van der Waals surface area (Å²) < 4.78 is 5.00. The van der Waals surface area contributed by atoms with Gasteiger partial charge in [-0.05, 0) is 38.2 Å². The first kappa shape index (κ1) is 26.8. The molecule has 10 nitrogen and oxygen atoms in total. The lowest BCUT2D eigenvalue weighted by Crippen LogP contribution is -2.61. The molecule has 4 unspecified atom stereocenters. The van der Waals surface area contributed by atoms with Crippen molar-refractivity contribution in [3.63, 3.8) is 0 Å². The molecule has 0 bridgehead atoms. The number of Topliss-reactive ketones (excluding diaryl/α,β-unsaturated/α-hetero) is 1. The normalized spacial score (nSPS) is 28.4. The summed E-state index contributed by atoms with van der Waals surface area (Å²) >= 11 is 0. The molecule has 1 aromatic rings. The molecule has 200 valence electrons. The number of ether oxygens (including phenoxy) is 1. The molecule has 0 saturated carbocycles. The summed E-state index contributed by atoms with van der Waals surface area (Å²) in [6.45, 7) is 2.49. The van der Waals surface area contributed by atoms with E-state index in [1.807, 2.05) is 30.3 Å². The molecule has 37 heavy (non-hydrogen) atoms. The number of carbonyl (C=O) groups excluding carboxylic acids is 5. The van der Waals surface area contributed by atoms with Crippen LogP contribution in [0.15, 0.2) is 30.3 Å². The first-order valence-electron chi connectivity index (χ1n) is 13.2. The van der Waals surface area contributed by atoms with Crippen LogP contribution in [0, 0.1) is 0 Å². The van der Waals surface area contributed by atoms with E-state index in [4.69, 9.17) is 4.74 Å². The van der Waals surface area contributed by atoms with E-state index in [1.165, 1.54) is 4.90 Å². The zero-order chi connectivity index (χ0) is 26.4. The molecule has 4 amide bonds. The highest BCUT2D eigenvalue weighted by Gasteiger charge is 2.40. The minimum Gasteiger partial charge on any atom is -0.365 e. The van der Waals surface area contributed by atoms with Crippen LogP contribution in [-0.4, -0.2) is 77.7 Å². The van der Waals surface area contributed by atoms with E-state index >= 15 is 0 Å². The Balaban J connectivity index is 1.44. The fourth-order valence-corrected chi connectivity index (χ4v) is 4.99. The van der Waals surface area contributed by atoms with Crippen molar-refractivity contribution < 1.29 is 28.7 Å². The summed E-state index contributed by atoms with van der Waals surface area (Å²) in [7, 11) is 0. The topological polar surface area (TPSA) is 137 Å². The summed E-state index contributed by atoms with van der Waals surface area (Å²) in [5.41, 5.74) is 0.886. The number of nitrogens with one attached hydrogen (secondary N) is 3. The molecule has 3 heterocycles. The number of hydrogen-bond donors (Lipinski definition) is 3. The fourth-order valence-electron chi connectivity index (χ4n) is 4.99. The molecule has 3 N–H and O–H groups in total. The number of fused-ring (bicyclic) bond motifs is 1. The number of ketones is 1. The molecule has 0 aliphatic carbocycles. The SMILES string of the molecule is CC1NC(=O)[C@H](CCCCCC(=O)C2CO2)NC(=O)C2CCCN2C(=O)C(Cc2ccccc2)NC1=O. The van der Waals surface area contributed by atoms with Gasteiger partial charge in [-0.15, -0.1) is 0 Å². The van der Waals surface area contributed by atoms with Gasteiger partial charge >= 0.3 is 0 Å². The molecule has 3 fully saturated rings. The van der Waals surface area contributed by atoms with Gasteiger partial charge in [0, 0.05) is 19.4 Å². The standard InChI is InChI=1S/C27H36N4O6/c1-17-24(33)30-20(15-18-9-4-2-5-10-18)27(36)31-14-8-12-21(31)26(35)29-19(25(34)28-17)11-6-3-7-13-22(32)23-16-37-23/h2,4-5,9-10,17,19-21,23H,3,6-8,11-16H2,1H3,(H,28,34)(H,29,35)(H,30,33)/t17?,19-,20?,21?,23?/m0/s1. The molecule has 10 heteroatoms. The highest BCUT2D eigenvalue weighted by molar-refractivity contribution is 5.97. The van der Waals surface area contributed by atoms with Gasteiger partial charge in [0.15, 0.2) is 5.78 Å². The van der Waals surface area contributed by atoms with Gasteiger partial charge in [-0.1, -0.05) is 43.2 Å². The highest BCUT2D eigenvalue weighted by Crippen LogP contribution is 2.21. The number of amides is 4. The van der Waals surface area contributed by atoms with E-state index in [0.717, 1.165) is 12.0 Å². The third kappa shape index (κ3) is 7.15. The van der Waals surface area contributed by atoms with E-state index in [1.54, 1.807) is 6.92 Å². The zero-order valence-corrected chi connectivity index (χ0v) is 21.2. The number of hydrogen-bond acceptors (Lipinski definition) is 6. The monoisotopic (exact) mass is 512 g/mol. The predicted octanol–water partition coefficient (Wildman–Crippen LogP) is 0.626. The van der Waals surface area contributed by atoms with Crippen molar-refractivity contribution in [3.05, 3.63) is 35.9 Å². The molecular formula is C27H36N4O6. The molecule has 1 aromatic carbocycles. The number of epoxide rings is 1.